The van der Waals surface area contributed by atoms with Crippen LogP contribution in [0.4, 0.5) is 0 Å². The third-order valence-corrected chi connectivity index (χ3v) is 2.24. The number of hydrogen-bond acceptors (Lipinski definition) is 2. The smallest absolute Gasteiger partial charge is 0.0530 e. The zero-order valence-corrected chi connectivity index (χ0v) is 7.52. The normalized spacial score (nSPS) is 25.2. The lowest BCUT2D eigenvalue weighted by molar-refractivity contribution is 0.622. The molecule has 2 N–H and O–H groups in total. The quantitative estimate of drug-likeness (QED) is 0.564. The average Bonchev–Trinajstić information content (AvgIpc) is 2.40. The Hall–Kier alpha value is -1.02. The molecular weight excluding hydrogens is 148 g/mol. The van der Waals surface area contributed by atoms with Crippen molar-refractivity contribution in [1.29, 1.82) is 0 Å². The van der Waals surface area contributed by atoms with Crippen LogP contribution >= 0.6 is 0 Å². The van der Waals surface area contributed by atoms with Crippen LogP contribution in [0.1, 0.15) is 13.8 Å². The predicted octanol–water partition coefficient (Wildman–Crippen LogP) is 1.50. The molecule has 0 fully saturated rings. The van der Waals surface area contributed by atoms with E-state index in [0.29, 0.717) is 0 Å². The van der Waals surface area contributed by atoms with Gasteiger partial charge in [0.2, 0.25) is 0 Å². The SMILES string of the molecule is CC1(C)C=CC2=C(C=C1)NNC2. The van der Waals surface area contributed by atoms with Gasteiger partial charge in [0.05, 0.1) is 5.70 Å². The zero-order chi connectivity index (χ0) is 8.60. The van der Waals surface area contributed by atoms with Gasteiger partial charge in [0.15, 0.2) is 0 Å². The summed E-state index contributed by atoms with van der Waals surface area (Å²) in [5.41, 5.74) is 8.96. The van der Waals surface area contributed by atoms with Crippen molar-refractivity contribution in [3.05, 3.63) is 35.6 Å². The van der Waals surface area contributed by atoms with Crippen molar-refractivity contribution in [1.82, 2.24) is 10.9 Å². The Bertz CT molecular complexity index is 256. The van der Waals surface area contributed by atoms with Crippen LogP contribution in [0.25, 0.3) is 0 Å². The molecule has 64 valence electrons. The van der Waals surface area contributed by atoms with Crippen LogP contribution in [0.15, 0.2) is 35.6 Å². The maximum absolute atomic E-state index is 3.13. The molecule has 2 nitrogen and oxygen atoms in total. The van der Waals surface area contributed by atoms with Crippen molar-refractivity contribution in [2.45, 2.75) is 13.8 Å². The van der Waals surface area contributed by atoms with Gasteiger partial charge in [-0.3, -0.25) is 0 Å². The summed E-state index contributed by atoms with van der Waals surface area (Å²) < 4.78 is 0. The molecule has 2 aliphatic rings. The second-order valence-corrected chi connectivity index (χ2v) is 3.91. The van der Waals surface area contributed by atoms with E-state index in [1.807, 2.05) is 0 Å². The minimum Gasteiger partial charge on any atom is -0.321 e. The summed E-state index contributed by atoms with van der Waals surface area (Å²) in [6.07, 6.45) is 8.80. The van der Waals surface area contributed by atoms with E-state index in [9.17, 15) is 0 Å². The van der Waals surface area contributed by atoms with E-state index in [0.717, 1.165) is 6.54 Å². The summed E-state index contributed by atoms with van der Waals surface area (Å²) in [5, 5.41) is 0. The lowest BCUT2D eigenvalue weighted by Crippen LogP contribution is -2.23. The van der Waals surface area contributed by atoms with E-state index in [1.165, 1.54) is 11.3 Å². The summed E-state index contributed by atoms with van der Waals surface area (Å²) >= 11 is 0. The molecule has 0 unspecified atom stereocenters. The molecule has 0 atom stereocenters. The molecule has 0 saturated carbocycles. The lowest BCUT2D eigenvalue weighted by Gasteiger charge is -2.12. The molecule has 0 amide bonds. The molecule has 12 heavy (non-hydrogen) atoms. The lowest BCUT2D eigenvalue weighted by atomic mass is 9.93. The van der Waals surface area contributed by atoms with Crippen molar-refractivity contribution in [3.8, 4) is 0 Å². The molecule has 0 aromatic carbocycles. The summed E-state index contributed by atoms with van der Waals surface area (Å²) in [4.78, 5) is 0. The summed E-state index contributed by atoms with van der Waals surface area (Å²) in [6, 6.07) is 0. The molecule has 0 aromatic heterocycles. The molecule has 1 aliphatic heterocycles. The molecule has 1 aliphatic carbocycles. The largest absolute Gasteiger partial charge is 0.321 e. The van der Waals surface area contributed by atoms with Gasteiger partial charge in [-0.2, -0.15) is 0 Å². The summed E-state index contributed by atoms with van der Waals surface area (Å²) in [5.74, 6) is 0. The fraction of sp³-hybridized carbons (Fsp3) is 0.400. The number of hydrogen-bond donors (Lipinski definition) is 2. The van der Waals surface area contributed by atoms with E-state index in [4.69, 9.17) is 0 Å². The van der Waals surface area contributed by atoms with Crippen molar-refractivity contribution in [3.63, 3.8) is 0 Å². The third kappa shape index (κ3) is 1.30. The first-order chi connectivity index (χ1) is 5.67. The van der Waals surface area contributed by atoms with Crippen LogP contribution in [-0.2, 0) is 0 Å². The molecule has 2 rings (SSSR count). The standard InChI is InChI=1S/C10H14N2/c1-10(2)5-3-8-7-11-12-9(8)4-6-10/h3-6,11-12H,7H2,1-2H3. The summed E-state index contributed by atoms with van der Waals surface area (Å²) in [7, 11) is 0. The van der Waals surface area contributed by atoms with Crippen molar-refractivity contribution >= 4 is 0 Å². The van der Waals surface area contributed by atoms with E-state index in [2.05, 4.69) is 49.0 Å². The van der Waals surface area contributed by atoms with Gasteiger partial charge in [-0.15, -0.1) is 0 Å². The highest BCUT2D eigenvalue weighted by Crippen LogP contribution is 2.25. The molecule has 0 saturated heterocycles. The Kier molecular flexibility index (Phi) is 1.58. The van der Waals surface area contributed by atoms with Gasteiger partial charge in [-0.1, -0.05) is 32.1 Å². The first kappa shape index (κ1) is 7.62. The van der Waals surface area contributed by atoms with E-state index >= 15 is 0 Å². The molecular formula is C10H14N2. The topological polar surface area (TPSA) is 24.1 Å². The Morgan fingerprint density at radius 3 is 2.83 bits per heavy atom. The number of nitrogens with one attached hydrogen (secondary N) is 2. The highest BCUT2D eigenvalue weighted by Gasteiger charge is 2.16. The average molecular weight is 162 g/mol. The number of rotatable bonds is 0. The molecule has 1 heterocycles. The van der Waals surface area contributed by atoms with Gasteiger partial charge >= 0.3 is 0 Å². The molecule has 0 bridgehead atoms. The van der Waals surface area contributed by atoms with Crippen LogP contribution in [0.2, 0.25) is 0 Å². The Morgan fingerprint density at radius 1 is 1.25 bits per heavy atom. The third-order valence-electron chi connectivity index (χ3n) is 2.24. The van der Waals surface area contributed by atoms with Gasteiger partial charge < -0.3 is 5.43 Å². The van der Waals surface area contributed by atoms with Crippen LogP contribution < -0.4 is 10.9 Å². The highest BCUT2D eigenvalue weighted by molar-refractivity contribution is 5.40. The molecule has 0 spiro atoms. The van der Waals surface area contributed by atoms with Gasteiger partial charge in [-0.05, 0) is 11.6 Å². The minimum absolute atomic E-state index is 0.187. The summed E-state index contributed by atoms with van der Waals surface area (Å²) in [6.45, 7) is 5.33. The Balaban J connectivity index is 2.34. The maximum Gasteiger partial charge on any atom is 0.0530 e. The minimum atomic E-state index is 0.187. The van der Waals surface area contributed by atoms with E-state index < -0.39 is 0 Å². The first-order valence-corrected chi connectivity index (χ1v) is 4.28. The van der Waals surface area contributed by atoms with Gasteiger partial charge in [-0.25, -0.2) is 5.43 Å². The van der Waals surface area contributed by atoms with Crippen molar-refractivity contribution < 1.29 is 0 Å². The first-order valence-electron chi connectivity index (χ1n) is 4.28. The van der Waals surface area contributed by atoms with Crippen molar-refractivity contribution in [2.24, 2.45) is 5.41 Å². The van der Waals surface area contributed by atoms with Gasteiger partial charge in [0.25, 0.3) is 0 Å². The van der Waals surface area contributed by atoms with Crippen molar-refractivity contribution in [2.75, 3.05) is 6.54 Å². The highest BCUT2D eigenvalue weighted by atomic mass is 15.4. The van der Waals surface area contributed by atoms with Gasteiger partial charge in [0.1, 0.15) is 0 Å². The zero-order valence-electron chi connectivity index (χ0n) is 7.52. The van der Waals surface area contributed by atoms with Crippen LogP contribution in [0.5, 0.6) is 0 Å². The molecule has 2 heteroatoms. The maximum atomic E-state index is 3.13. The fourth-order valence-electron chi connectivity index (χ4n) is 1.38. The molecule has 0 radical (unpaired) electrons. The fourth-order valence-corrected chi connectivity index (χ4v) is 1.38. The van der Waals surface area contributed by atoms with Crippen LogP contribution in [-0.4, -0.2) is 6.54 Å². The number of hydrazine groups is 1. The second-order valence-electron chi connectivity index (χ2n) is 3.91. The molecule has 0 aromatic rings. The van der Waals surface area contributed by atoms with Crippen LogP contribution in [0, 0.1) is 5.41 Å². The van der Waals surface area contributed by atoms with Crippen LogP contribution in [0.3, 0.4) is 0 Å². The Labute approximate surface area is 73.0 Å². The number of allylic oxidation sites excluding steroid dienone is 3. The Morgan fingerprint density at radius 2 is 2.00 bits per heavy atom. The van der Waals surface area contributed by atoms with E-state index in [1.54, 1.807) is 0 Å². The second kappa shape index (κ2) is 2.49. The van der Waals surface area contributed by atoms with E-state index in [-0.39, 0.29) is 5.41 Å². The van der Waals surface area contributed by atoms with Gasteiger partial charge in [0, 0.05) is 12.0 Å². The monoisotopic (exact) mass is 162 g/mol. The predicted molar refractivity (Wildman–Crippen MR) is 50.2 cm³/mol.